The highest BCUT2D eigenvalue weighted by atomic mass is 16.5. The minimum absolute atomic E-state index is 0.610. The highest BCUT2D eigenvalue weighted by Crippen LogP contribution is 1.79. The molecule has 0 aromatic rings. The molecule has 0 saturated carbocycles. The van der Waals surface area contributed by atoms with Gasteiger partial charge in [-0.1, -0.05) is 0 Å². The molecule has 0 aromatic carbocycles. The maximum absolute atomic E-state index is 5.16. The Bertz CT molecular complexity index is 98.3. The maximum Gasteiger partial charge on any atom is 0.0701 e. The smallest absolute Gasteiger partial charge is 0.0701 e. The molecule has 0 aliphatic carbocycles. The van der Waals surface area contributed by atoms with E-state index in [0.29, 0.717) is 39.6 Å². The average Bonchev–Trinajstić information content (AvgIpc) is 2.10. The Morgan fingerprint density at radius 1 is 1.00 bits per heavy atom. The second kappa shape index (κ2) is 10.6. The SMILES string of the molecule is C=NCCOCCOCCOC. The fraction of sp³-hybridized carbons (Fsp3) is 0.875. The summed E-state index contributed by atoms with van der Waals surface area (Å²) in [6.45, 7) is 7.09. The van der Waals surface area contributed by atoms with E-state index >= 15 is 0 Å². The predicted molar refractivity (Wildman–Crippen MR) is 47.9 cm³/mol. The lowest BCUT2D eigenvalue weighted by Gasteiger charge is -2.03. The Balaban J connectivity index is 2.77. The number of hydrogen-bond acceptors (Lipinski definition) is 4. The Morgan fingerprint density at radius 3 is 2.17 bits per heavy atom. The largest absolute Gasteiger partial charge is 0.382 e. The second-order valence-electron chi connectivity index (χ2n) is 2.16. The van der Waals surface area contributed by atoms with Gasteiger partial charge < -0.3 is 14.2 Å². The topological polar surface area (TPSA) is 40.0 Å². The average molecular weight is 175 g/mol. The van der Waals surface area contributed by atoms with E-state index in [1.165, 1.54) is 0 Å². The molecule has 0 fully saturated rings. The van der Waals surface area contributed by atoms with Crippen LogP contribution < -0.4 is 0 Å². The third kappa shape index (κ3) is 9.55. The van der Waals surface area contributed by atoms with Gasteiger partial charge in [0.2, 0.25) is 0 Å². The van der Waals surface area contributed by atoms with Gasteiger partial charge in [-0.15, -0.1) is 0 Å². The monoisotopic (exact) mass is 175 g/mol. The van der Waals surface area contributed by atoms with Crippen LogP contribution in [0.5, 0.6) is 0 Å². The van der Waals surface area contributed by atoms with Crippen LogP contribution in [0.15, 0.2) is 4.99 Å². The number of rotatable bonds is 9. The summed E-state index contributed by atoms with van der Waals surface area (Å²) in [6.07, 6.45) is 0. The molecule has 0 aliphatic heterocycles. The Morgan fingerprint density at radius 2 is 1.58 bits per heavy atom. The lowest BCUT2D eigenvalue weighted by atomic mass is 10.7. The minimum atomic E-state index is 0.610. The standard InChI is InChI=1S/C8H17NO3/c1-9-3-4-11-7-8-12-6-5-10-2/h1,3-8H2,2H3. The normalized spacial score (nSPS) is 10.1. The first-order valence-electron chi connectivity index (χ1n) is 3.98. The summed E-state index contributed by atoms with van der Waals surface area (Å²) in [5.74, 6) is 0. The molecule has 0 N–H and O–H groups in total. The number of ether oxygens (including phenoxy) is 3. The predicted octanol–water partition coefficient (Wildman–Crippen LogP) is 0.367. The van der Waals surface area contributed by atoms with Gasteiger partial charge >= 0.3 is 0 Å². The Kier molecular flexibility index (Phi) is 10.2. The van der Waals surface area contributed by atoms with Crippen molar-refractivity contribution in [1.29, 1.82) is 0 Å². The molecule has 0 spiro atoms. The first-order chi connectivity index (χ1) is 5.91. The number of nitrogens with zero attached hydrogens (tertiary/aromatic N) is 1. The maximum atomic E-state index is 5.16. The lowest BCUT2D eigenvalue weighted by molar-refractivity contribution is 0.0268. The molecule has 0 aliphatic rings. The molecule has 0 rings (SSSR count). The highest BCUT2D eigenvalue weighted by molar-refractivity contribution is 5.22. The number of hydrogen-bond donors (Lipinski definition) is 0. The van der Waals surface area contributed by atoms with Crippen molar-refractivity contribution in [3.63, 3.8) is 0 Å². The molecule has 0 unspecified atom stereocenters. The molecule has 4 heteroatoms. The first-order valence-corrected chi connectivity index (χ1v) is 3.98. The zero-order valence-corrected chi connectivity index (χ0v) is 7.62. The third-order valence-electron chi connectivity index (χ3n) is 1.20. The molecule has 0 atom stereocenters. The van der Waals surface area contributed by atoms with E-state index in [0.717, 1.165) is 0 Å². The van der Waals surface area contributed by atoms with Crippen LogP contribution in [-0.4, -0.2) is 53.4 Å². The Hall–Kier alpha value is -0.450. The highest BCUT2D eigenvalue weighted by Gasteiger charge is 1.88. The van der Waals surface area contributed by atoms with Crippen LogP contribution in [0.3, 0.4) is 0 Å². The lowest BCUT2D eigenvalue weighted by Crippen LogP contribution is -2.09. The van der Waals surface area contributed by atoms with Crippen molar-refractivity contribution in [3.05, 3.63) is 0 Å². The molecular weight excluding hydrogens is 158 g/mol. The van der Waals surface area contributed by atoms with Crippen LogP contribution in [-0.2, 0) is 14.2 Å². The number of methoxy groups -OCH3 is 1. The van der Waals surface area contributed by atoms with Crippen molar-refractivity contribution in [1.82, 2.24) is 0 Å². The summed E-state index contributed by atoms with van der Waals surface area (Å²) in [4.78, 5) is 3.65. The van der Waals surface area contributed by atoms with Gasteiger partial charge in [0.25, 0.3) is 0 Å². The molecule has 0 amide bonds. The third-order valence-corrected chi connectivity index (χ3v) is 1.20. The molecule has 72 valence electrons. The molecule has 4 nitrogen and oxygen atoms in total. The van der Waals surface area contributed by atoms with Crippen LogP contribution in [0.2, 0.25) is 0 Å². The second-order valence-corrected chi connectivity index (χ2v) is 2.16. The van der Waals surface area contributed by atoms with Gasteiger partial charge in [0.15, 0.2) is 0 Å². The van der Waals surface area contributed by atoms with Crippen LogP contribution in [0.4, 0.5) is 0 Å². The van der Waals surface area contributed by atoms with Crippen LogP contribution in [0, 0.1) is 0 Å². The van der Waals surface area contributed by atoms with Crippen molar-refractivity contribution in [2.75, 3.05) is 46.7 Å². The van der Waals surface area contributed by atoms with Gasteiger partial charge in [-0.25, -0.2) is 0 Å². The van der Waals surface area contributed by atoms with Crippen LogP contribution in [0.25, 0.3) is 0 Å². The fourth-order valence-corrected chi connectivity index (χ4v) is 0.593. The molecule has 0 saturated heterocycles. The van der Waals surface area contributed by atoms with E-state index in [1.54, 1.807) is 7.11 Å². The zero-order chi connectivity index (χ0) is 9.07. The number of aliphatic imine (C=N–C) groups is 1. The van der Waals surface area contributed by atoms with Crippen LogP contribution in [0.1, 0.15) is 0 Å². The van der Waals surface area contributed by atoms with E-state index in [4.69, 9.17) is 14.2 Å². The first kappa shape index (κ1) is 11.6. The van der Waals surface area contributed by atoms with Gasteiger partial charge in [-0.3, -0.25) is 4.99 Å². The van der Waals surface area contributed by atoms with Crippen molar-refractivity contribution in [2.24, 2.45) is 4.99 Å². The molecule has 0 heterocycles. The van der Waals surface area contributed by atoms with Crippen molar-refractivity contribution < 1.29 is 14.2 Å². The Labute approximate surface area is 73.5 Å². The molecule has 0 radical (unpaired) electrons. The summed E-state index contributed by atoms with van der Waals surface area (Å²) in [5, 5.41) is 0. The summed E-state index contributed by atoms with van der Waals surface area (Å²) >= 11 is 0. The molecular formula is C8H17NO3. The molecule has 12 heavy (non-hydrogen) atoms. The van der Waals surface area contributed by atoms with E-state index in [9.17, 15) is 0 Å². The molecule has 0 bridgehead atoms. The van der Waals surface area contributed by atoms with Gasteiger partial charge in [-0.05, 0) is 6.72 Å². The zero-order valence-electron chi connectivity index (χ0n) is 7.62. The van der Waals surface area contributed by atoms with E-state index in [-0.39, 0.29) is 0 Å². The van der Waals surface area contributed by atoms with Gasteiger partial charge in [0.1, 0.15) is 0 Å². The van der Waals surface area contributed by atoms with E-state index < -0.39 is 0 Å². The summed E-state index contributed by atoms with van der Waals surface area (Å²) < 4.78 is 15.1. The fourth-order valence-electron chi connectivity index (χ4n) is 0.593. The van der Waals surface area contributed by atoms with E-state index in [2.05, 4.69) is 11.7 Å². The van der Waals surface area contributed by atoms with Crippen molar-refractivity contribution in [3.8, 4) is 0 Å². The summed E-state index contributed by atoms with van der Waals surface area (Å²) in [5.41, 5.74) is 0. The minimum Gasteiger partial charge on any atom is -0.382 e. The van der Waals surface area contributed by atoms with Gasteiger partial charge in [-0.2, -0.15) is 0 Å². The quantitative estimate of drug-likeness (QED) is 0.375. The summed E-state index contributed by atoms with van der Waals surface area (Å²) in [7, 11) is 1.65. The van der Waals surface area contributed by atoms with Gasteiger partial charge in [0, 0.05) is 7.11 Å². The van der Waals surface area contributed by atoms with Gasteiger partial charge in [0.05, 0.1) is 39.6 Å². The van der Waals surface area contributed by atoms with Crippen molar-refractivity contribution >= 4 is 6.72 Å². The van der Waals surface area contributed by atoms with Crippen LogP contribution >= 0.6 is 0 Å². The van der Waals surface area contributed by atoms with Crippen molar-refractivity contribution in [2.45, 2.75) is 0 Å². The molecule has 0 aromatic heterocycles. The van der Waals surface area contributed by atoms with E-state index in [1.807, 2.05) is 0 Å². The summed E-state index contributed by atoms with van der Waals surface area (Å²) in [6, 6.07) is 0.